The molecule has 0 saturated carbocycles. The van der Waals surface area contributed by atoms with Crippen LogP contribution in [0, 0.1) is 6.92 Å². The minimum atomic E-state index is -1.18. The second-order valence-corrected chi connectivity index (χ2v) is 5.99. The number of methoxy groups -OCH3 is 1. The number of rotatable bonds is 5. The molecule has 1 aromatic heterocycles. The summed E-state index contributed by atoms with van der Waals surface area (Å²) in [7, 11) is 1.50. The number of aliphatic hydroxyl groups excluding tert-OH is 2. The predicted molar refractivity (Wildman–Crippen MR) is 80.7 cm³/mol. The minimum Gasteiger partial charge on any atom is -0.481 e. The van der Waals surface area contributed by atoms with E-state index in [1.165, 1.54) is 13.3 Å². The molecular formula is C15H24N2O5. The van der Waals surface area contributed by atoms with Gasteiger partial charge in [-0.15, -0.1) is 0 Å². The van der Waals surface area contributed by atoms with Crippen molar-refractivity contribution in [1.82, 2.24) is 10.3 Å². The van der Waals surface area contributed by atoms with Crippen LogP contribution in [0.15, 0.2) is 12.3 Å². The maximum atomic E-state index is 11.5. The molecule has 0 aliphatic rings. The first kappa shape index (κ1) is 18.2. The molecule has 2 atom stereocenters. The molecule has 0 spiro atoms. The Morgan fingerprint density at radius 3 is 2.55 bits per heavy atom. The van der Waals surface area contributed by atoms with E-state index in [2.05, 4.69) is 10.3 Å². The van der Waals surface area contributed by atoms with Crippen molar-refractivity contribution in [3.8, 4) is 5.88 Å². The third-order valence-corrected chi connectivity index (χ3v) is 2.81. The lowest BCUT2D eigenvalue weighted by atomic mass is 10.0. The summed E-state index contributed by atoms with van der Waals surface area (Å²) >= 11 is 0. The Kier molecular flexibility index (Phi) is 6.13. The molecule has 7 heteroatoms. The largest absolute Gasteiger partial charge is 0.481 e. The van der Waals surface area contributed by atoms with Crippen LogP contribution < -0.4 is 10.1 Å². The third kappa shape index (κ3) is 5.50. The average molecular weight is 312 g/mol. The maximum absolute atomic E-state index is 11.5. The summed E-state index contributed by atoms with van der Waals surface area (Å²) < 4.78 is 10.1. The van der Waals surface area contributed by atoms with E-state index < -0.39 is 23.9 Å². The van der Waals surface area contributed by atoms with Crippen molar-refractivity contribution >= 4 is 6.09 Å². The number of hydrogen-bond acceptors (Lipinski definition) is 6. The molecule has 1 rings (SSSR count). The van der Waals surface area contributed by atoms with Gasteiger partial charge in [-0.05, 0) is 33.8 Å². The second-order valence-electron chi connectivity index (χ2n) is 5.99. The molecule has 0 radical (unpaired) electrons. The van der Waals surface area contributed by atoms with Crippen molar-refractivity contribution in [3.63, 3.8) is 0 Å². The molecule has 0 aromatic carbocycles. The molecule has 0 fully saturated rings. The highest BCUT2D eigenvalue weighted by Gasteiger charge is 2.22. The van der Waals surface area contributed by atoms with Crippen molar-refractivity contribution in [2.24, 2.45) is 0 Å². The van der Waals surface area contributed by atoms with Crippen LogP contribution in [0.25, 0.3) is 0 Å². The summed E-state index contributed by atoms with van der Waals surface area (Å²) in [5.74, 6) is 0.456. The number of ether oxygens (including phenoxy) is 2. The van der Waals surface area contributed by atoms with E-state index in [4.69, 9.17) is 9.47 Å². The second kappa shape index (κ2) is 7.42. The normalized spacial score (nSPS) is 14.1. The van der Waals surface area contributed by atoms with E-state index >= 15 is 0 Å². The van der Waals surface area contributed by atoms with Crippen LogP contribution >= 0.6 is 0 Å². The van der Waals surface area contributed by atoms with Gasteiger partial charge in [0, 0.05) is 23.9 Å². The van der Waals surface area contributed by atoms with Crippen LogP contribution in [-0.4, -0.2) is 46.6 Å². The highest BCUT2D eigenvalue weighted by molar-refractivity contribution is 5.67. The van der Waals surface area contributed by atoms with Crippen LogP contribution in [0.1, 0.15) is 38.0 Å². The minimum absolute atomic E-state index is 0.138. The van der Waals surface area contributed by atoms with E-state index in [1.807, 2.05) is 0 Å². The highest BCUT2D eigenvalue weighted by atomic mass is 16.6. The Hall–Kier alpha value is -1.86. The zero-order valence-electron chi connectivity index (χ0n) is 13.6. The molecular weight excluding hydrogens is 288 g/mol. The zero-order valence-corrected chi connectivity index (χ0v) is 13.6. The molecule has 1 amide bonds. The third-order valence-electron chi connectivity index (χ3n) is 2.81. The molecule has 0 bridgehead atoms. The maximum Gasteiger partial charge on any atom is 0.407 e. The van der Waals surface area contributed by atoms with E-state index in [0.29, 0.717) is 11.4 Å². The number of nitrogens with zero attached hydrogens (tertiary/aromatic N) is 1. The molecule has 0 aliphatic carbocycles. The lowest BCUT2D eigenvalue weighted by Gasteiger charge is -2.22. The van der Waals surface area contributed by atoms with Crippen LogP contribution in [0.3, 0.4) is 0 Å². The summed E-state index contributed by atoms with van der Waals surface area (Å²) in [5, 5.41) is 22.5. The Morgan fingerprint density at radius 1 is 1.41 bits per heavy atom. The number of carbonyl (C=O) groups is 1. The Bertz CT molecular complexity index is 513. The van der Waals surface area contributed by atoms with Gasteiger partial charge in [-0.3, -0.25) is 0 Å². The number of alkyl carbamates (subject to hydrolysis) is 1. The highest BCUT2D eigenvalue weighted by Crippen LogP contribution is 2.21. The first-order valence-electron chi connectivity index (χ1n) is 6.97. The fraction of sp³-hybridized carbons (Fsp3) is 0.600. The number of pyridine rings is 1. The van der Waals surface area contributed by atoms with Crippen molar-refractivity contribution in [2.75, 3.05) is 13.7 Å². The predicted octanol–water partition coefficient (Wildman–Crippen LogP) is 1.32. The van der Waals surface area contributed by atoms with E-state index in [9.17, 15) is 15.0 Å². The van der Waals surface area contributed by atoms with Gasteiger partial charge in [0.05, 0.1) is 7.11 Å². The molecule has 2 unspecified atom stereocenters. The van der Waals surface area contributed by atoms with E-state index in [-0.39, 0.29) is 6.54 Å². The van der Waals surface area contributed by atoms with E-state index in [0.717, 1.165) is 5.56 Å². The van der Waals surface area contributed by atoms with Gasteiger partial charge in [-0.25, -0.2) is 9.78 Å². The first-order valence-corrected chi connectivity index (χ1v) is 6.97. The number of carbonyl (C=O) groups excluding carboxylic acids is 1. The molecule has 124 valence electrons. The lowest BCUT2D eigenvalue weighted by Crippen LogP contribution is -2.38. The summed E-state index contributed by atoms with van der Waals surface area (Å²) in [6, 6.07) is 1.67. The summed E-state index contributed by atoms with van der Waals surface area (Å²) in [4.78, 5) is 15.5. The molecule has 1 aromatic rings. The molecule has 3 N–H and O–H groups in total. The SMILES string of the molecule is COc1ncc(C(O)C(O)CNC(=O)OC(C)(C)C)cc1C. The van der Waals surface area contributed by atoms with Gasteiger partial charge < -0.3 is 25.0 Å². The molecule has 7 nitrogen and oxygen atoms in total. The quantitative estimate of drug-likeness (QED) is 0.758. The lowest BCUT2D eigenvalue weighted by molar-refractivity contribution is 0.0127. The summed E-state index contributed by atoms with van der Waals surface area (Å²) in [6.45, 7) is 6.87. The van der Waals surface area contributed by atoms with Crippen LogP contribution in [-0.2, 0) is 4.74 Å². The number of amides is 1. The number of aromatic nitrogens is 1. The molecule has 22 heavy (non-hydrogen) atoms. The van der Waals surface area contributed by atoms with Crippen LogP contribution in [0.5, 0.6) is 5.88 Å². The topological polar surface area (TPSA) is 101 Å². The first-order chi connectivity index (χ1) is 10.1. The Labute approximate surface area is 130 Å². The zero-order chi connectivity index (χ0) is 16.9. The van der Waals surface area contributed by atoms with Crippen LogP contribution in [0.2, 0.25) is 0 Å². The number of nitrogens with one attached hydrogen (secondary N) is 1. The van der Waals surface area contributed by atoms with Gasteiger partial charge >= 0.3 is 6.09 Å². The number of hydrogen-bond donors (Lipinski definition) is 3. The molecule has 0 aliphatic heterocycles. The fourth-order valence-electron chi connectivity index (χ4n) is 1.80. The monoisotopic (exact) mass is 312 g/mol. The van der Waals surface area contributed by atoms with Crippen molar-refractivity contribution < 1.29 is 24.5 Å². The summed E-state index contributed by atoms with van der Waals surface area (Å²) in [5.41, 5.74) is 0.563. The van der Waals surface area contributed by atoms with Gasteiger partial charge in [0.1, 0.15) is 17.8 Å². The fourth-order valence-corrected chi connectivity index (χ4v) is 1.80. The van der Waals surface area contributed by atoms with Gasteiger partial charge in [0.25, 0.3) is 0 Å². The standard InChI is InChI=1S/C15H24N2O5/c1-9-6-10(7-16-13(9)21-5)12(19)11(18)8-17-14(20)22-15(2,3)4/h6-7,11-12,18-19H,8H2,1-5H3,(H,17,20). The Morgan fingerprint density at radius 2 is 2.05 bits per heavy atom. The summed E-state index contributed by atoms with van der Waals surface area (Å²) in [6.07, 6.45) is -1.58. The van der Waals surface area contributed by atoms with Gasteiger partial charge in [0.2, 0.25) is 5.88 Å². The number of aliphatic hydroxyl groups is 2. The van der Waals surface area contributed by atoms with Gasteiger partial charge in [-0.2, -0.15) is 0 Å². The smallest absolute Gasteiger partial charge is 0.407 e. The van der Waals surface area contributed by atoms with Gasteiger partial charge in [-0.1, -0.05) is 0 Å². The number of aryl methyl sites for hydroxylation is 1. The van der Waals surface area contributed by atoms with E-state index in [1.54, 1.807) is 33.8 Å². The average Bonchev–Trinajstić information content (AvgIpc) is 2.42. The Balaban J connectivity index is 2.60. The molecule has 0 saturated heterocycles. The van der Waals surface area contributed by atoms with Crippen molar-refractivity contribution in [3.05, 3.63) is 23.4 Å². The van der Waals surface area contributed by atoms with Gasteiger partial charge in [0.15, 0.2) is 0 Å². The van der Waals surface area contributed by atoms with Crippen LogP contribution in [0.4, 0.5) is 4.79 Å². The molecule has 1 heterocycles. The van der Waals surface area contributed by atoms with Crippen molar-refractivity contribution in [2.45, 2.75) is 45.5 Å². The van der Waals surface area contributed by atoms with Crippen molar-refractivity contribution in [1.29, 1.82) is 0 Å².